The minimum atomic E-state index is -4.74. The van der Waals surface area contributed by atoms with Crippen LogP contribution in [0.1, 0.15) is 19.4 Å². The smallest absolute Gasteiger partial charge is 0.406 e. The van der Waals surface area contributed by atoms with E-state index in [1.165, 1.54) is 16.8 Å². The quantitative estimate of drug-likeness (QED) is 0.833. The highest BCUT2D eigenvalue weighted by Crippen LogP contribution is 2.24. The largest absolute Gasteiger partial charge is 0.573 e. The molecule has 0 radical (unpaired) electrons. The van der Waals surface area contributed by atoms with Gasteiger partial charge in [0, 0.05) is 11.9 Å². The van der Waals surface area contributed by atoms with Crippen LogP contribution >= 0.6 is 15.9 Å². The molecular weight excluding hydrogens is 379 g/mol. The Kier molecular flexibility index (Phi) is 5.30. The summed E-state index contributed by atoms with van der Waals surface area (Å²) in [7, 11) is 0. The number of halogens is 4. The number of alkyl halides is 3. The zero-order valence-corrected chi connectivity index (χ0v) is 13.6. The summed E-state index contributed by atoms with van der Waals surface area (Å²) in [5, 5.41) is 6.71. The molecule has 1 N–H and O–H groups in total. The van der Waals surface area contributed by atoms with Gasteiger partial charge in [-0.1, -0.05) is 6.92 Å². The highest BCUT2D eigenvalue weighted by Gasteiger charge is 2.31. The van der Waals surface area contributed by atoms with Gasteiger partial charge in [-0.25, -0.2) is 0 Å². The number of amides is 1. The number of ether oxygens (including phenoxy) is 1. The molecule has 1 heterocycles. The van der Waals surface area contributed by atoms with Gasteiger partial charge in [0.15, 0.2) is 0 Å². The predicted molar refractivity (Wildman–Crippen MR) is 81.0 cm³/mol. The van der Waals surface area contributed by atoms with Gasteiger partial charge in [0.1, 0.15) is 11.8 Å². The van der Waals surface area contributed by atoms with E-state index in [0.29, 0.717) is 12.1 Å². The van der Waals surface area contributed by atoms with Crippen LogP contribution in [0.2, 0.25) is 0 Å². The van der Waals surface area contributed by atoms with Crippen LogP contribution in [0.5, 0.6) is 5.75 Å². The Labute approximate surface area is 138 Å². The summed E-state index contributed by atoms with van der Waals surface area (Å²) >= 11 is 3.26. The lowest BCUT2D eigenvalue weighted by molar-refractivity contribution is -0.274. The molecule has 0 saturated heterocycles. The van der Waals surface area contributed by atoms with Gasteiger partial charge in [0.2, 0.25) is 5.91 Å². The van der Waals surface area contributed by atoms with Gasteiger partial charge in [-0.15, -0.1) is 13.2 Å². The minimum absolute atomic E-state index is 0.312. The number of carbonyl (C=O) groups excluding carboxylic acids is 1. The van der Waals surface area contributed by atoms with Crippen molar-refractivity contribution in [1.82, 2.24) is 9.78 Å². The van der Waals surface area contributed by atoms with Crippen molar-refractivity contribution < 1.29 is 22.7 Å². The molecule has 0 saturated carbocycles. The third-order valence-corrected chi connectivity index (χ3v) is 3.34. The van der Waals surface area contributed by atoms with E-state index in [0.717, 1.165) is 16.6 Å². The average Bonchev–Trinajstić information content (AvgIpc) is 2.86. The molecular formula is C14H13BrF3N3O2. The molecule has 1 amide bonds. The fourth-order valence-corrected chi connectivity index (χ4v) is 2.24. The maximum atomic E-state index is 12.3. The highest BCUT2D eigenvalue weighted by molar-refractivity contribution is 9.10. The Morgan fingerprint density at radius 1 is 1.39 bits per heavy atom. The van der Waals surface area contributed by atoms with Crippen molar-refractivity contribution in [1.29, 1.82) is 0 Å². The molecule has 124 valence electrons. The Hall–Kier alpha value is -2.03. The van der Waals surface area contributed by atoms with Crippen LogP contribution in [0.15, 0.2) is 41.1 Å². The Morgan fingerprint density at radius 3 is 2.52 bits per heavy atom. The van der Waals surface area contributed by atoms with Crippen LogP contribution in [0.25, 0.3) is 0 Å². The van der Waals surface area contributed by atoms with Crippen molar-refractivity contribution in [2.24, 2.45) is 0 Å². The monoisotopic (exact) mass is 391 g/mol. The number of nitrogens with one attached hydrogen (secondary N) is 1. The van der Waals surface area contributed by atoms with E-state index in [-0.39, 0.29) is 11.7 Å². The summed E-state index contributed by atoms with van der Waals surface area (Å²) in [5.74, 6) is -0.661. The zero-order chi connectivity index (χ0) is 17.0. The maximum absolute atomic E-state index is 12.3. The molecule has 2 rings (SSSR count). The number of carbonyl (C=O) groups is 1. The standard InChI is InChI=1S/C14H13BrF3N3O2/c1-2-12(21-8-9(15)7-19-21)13(22)20-10-3-5-11(6-4-10)23-14(16,17)18/h3-8,12H,2H2,1H3,(H,20,22). The van der Waals surface area contributed by atoms with E-state index in [2.05, 4.69) is 31.1 Å². The van der Waals surface area contributed by atoms with E-state index in [1.807, 2.05) is 6.92 Å². The molecule has 0 bridgehead atoms. The number of benzene rings is 1. The molecule has 0 aliphatic carbocycles. The summed E-state index contributed by atoms with van der Waals surface area (Å²) in [5.41, 5.74) is 0.370. The highest BCUT2D eigenvalue weighted by atomic mass is 79.9. The lowest BCUT2D eigenvalue weighted by Crippen LogP contribution is -2.25. The van der Waals surface area contributed by atoms with Crippen LogP contribution in [0.4, 0.5) is 18.9 Å². The zero-order valence-electron chi connectivity index (χ0n) is 12.0. The van der Waals surface area contributed by atoms with E-state index in [1.54, 1.807) is 12.4 Å². The first kappa shape index (κ1) is 17.3. The molecule has 0 spiro atoms. The van der Waals surface area contributed by atoms with Crippen LogP contribution in [-0.4, -0.2) is 22.1 Å². The van der Waals surface area contributed by atoms with Gasteiger partial charge in [-0.05, 0) is 46.6 Å². The molecule has 9 heteroatoms. The summed E-state index contributed by atoms with van der Waals surface area (Å²) < 4.78 is 42.3. The number of nitrogens with zero attached hydrogens (tertiary/aromatic N) is 2. The van der Waals surface area contributed by atoms with E-state index in [4.69, 9.17) is 0 Å². The van der Waals surface area contributed by atoms with E-state index < -0.39 is 12.4 Å². The first-order valence-electron chi connectivity index (χ1n) is 6.65. The first-order valence-corrected chi connectivity index (χ1v) is 7.44. The van der Waals surface area contributed by atoms with Gasteiger partial charge in [-0.3, -0.25) is 9.48 Å². The van der Waals surface area contributed by atoms with Crippen molar-refractivity contribution in [3.63, 3.8) is 0 Å². The Balaban J connectivity index is 2.04. The van der Waals surface area contributed by atoms with Crippen LogP contribution in [-0.2, 0) is 4.79 Å². The number of anilines is 1. The molecule has 5 nitrogen and oxygen atoms in total. The number of hydrogen-bond acceptors (Lipinski definition) is 3. The Morgan fingerprint density at radius 2 is 2.04 bits per heavy atom. The summed E-state index contributed by atoms with van der Waals surface area (Å²) in [6.07, 6.45) is -0.992. The van der Waals surface area contributed by atoms with Crippen LogP contribution in [0.3, 0.4) is 0 Å². The lowest BCUT2D eigenvalue weighted by atomic mass is 10.2. The molecule has 1 unspecified atom stereocenters. The van der Waals surface area contributed by atoms with Gasteiger partial charge < -0.3 is 10.1 Å². The summed E-state index contributed by atoms with van der Waals surface area (Å²) in [6, 6.07) is 4.42. The molecule has 1 atom stereocenters. The van der Waals surface area contributed by atoms with E-state index in [9.17, 15) is 18.0 Å². The van der Waals surface area contributed by atoms with Crippen LogP contribution in [0, 0.1) is 0 Å². The second-order valence-electron chi connectivity index (χ2n) is 4.62. The second kappa shape index (κ2) is 7.03. The molecule has 0 fully saturated rings. The summed E-state index contributed by atoms with van der Waals surface area (Å²) in [6.45, 7) is 1.83. The average molecular weight is 392 g/mol. The topological polar surface area (TPSA) is 56.1 Å². The van der Waals surface area contributed by atoms with Gasteiger partial charge >= 0.3 is 6.36 Å². The fourth-order valence-electron chi connectivity index (χ4n) is 1.94. The SMILES string of the molecule is CCC(C(=O)Nc1ccc(OC(F)(F)F)cc1)n1cc(Br)cn1. The summed E-state index contributed by atoms with van der Waals surface area (Å²) in [4.78, 5) is 12.3. The van der Waals surface area contributed by atoms with Crippen molar-refractivity contribution in [2.75, 3.05) is 5.32 Å². The number of rotatable bonds is 5. The van der Waals surface area contributed by atoms with Gasteiger partial charge in [0.05, 0.1) is 10.7 Å². The normalized spacial score (nSPS) is 12.7. The molecule has 1 aromatic carbocycles. The fraction of sp³-hybridized carbons (Fsp3) is 0.286. The Bertz CT molecular complexity index is 671. The molecule has 0 aliphatic rings. The first-order chi connectivity index (χ1) is 10.8. The van der Waals surface area contributed by atoms with Crippen molar-refractivity contribution in [3.05, 3.63) is 41.1 Å². The third-order valence-electron chi connectivity index (χ3n) is 2.93. The maximum Gasteiger partial charge on any atom is 0.573 e. The molecule has 1 aromatic heterocycles. The lowest BCUT2D eigenvalue weighted by Gasteiger charge is -2.16. The van der Waals surface area contributed by atoms with Crippen LogP contribution < -0.4 is 10.1 Å². The second-order valence-corrected chi connectivity index (χ2v) is 5.54. The molecule has 0 aliphatic heterocycles. The minimum Gasteiger partial charge on any atom is -0.406 e. The van der Waals surface area contributed by atoms with Crippen molar-refractivity contribution in [3.8, 4) is 5.75 Å². The van der Waals surface area contributed by atoms with Gasteiger partial charge in [0.25, 0.3) is 0 Å². The van der Waals surface area contributed by atoms with Crippen molar-refractivity contribution >= 4 is 27.5 Å². The third kappa shape index (κ3) is 4.98. The van der Waals surface area contributed by atoms with Gasteiger partial charge in [-0.2, -0.15) is 5.10 Å². The van der Waals surface area contributed by atoms with Crippen molar-refractivity contribution in [2.45, 2.75) is 25.7 Å². The van der Waals surface area contributed by atoms with E-state index >= 15 is 0 Å². The number of hydrogen-bond donors (Lipinski definition) is 1. The molecule has 23 heavy (non-hydrogen) atoms. The predicted octanol–water partition coefficient (Wildman–Crippen LogP) is 4.13. The molecule has 2 aromatic rings. The number of aromatic nitrogens is 2.